The average molecular weight is 223 g/mol. The first kappa shape index (κ1) is 12.2. The van der Waals surface area contributed by atoms with Crippen LogP contribution in [0, 0.1) is 0 Å². The molecule has 0 radical (unpaired) electrons. The third-order valence-electron chi connectivity index (χ3n) is 2.11. The second-order valence-electron chi connectivity index (χ2n) is 3.46. The van der Waals surface area contributed by atoms with Crippen LogP contribution in [0.2, 0.25) is 0 Å². The van der Waals surface area contributed by atoms with Crippen molar-refractivity contribution in [3.8, 4) is 0 Å². The molecule has 0 spiro atoms. The van der Waals surface area contributed by atoms with Gasteiger partial charge in [-0.3, -0.25) is 0 Å². The molecule has 1 rings (SSSR count). The van der Waals surface area contributed by atoms with Crippen LogP contribution in [-0.2, 0) is 9.53 Å². The summed E-state index contributed by atoms with van der Waals surface area (Å²) >= 11 is 0. The summed E-state index contributed by atoms with van der Waals surface area (Å²) in [6.07, 6.45) is 0. The van der Waals surface area contributed by atoms with Gasteiger partial charge in [0.25, 0.3) is 0 Å². The predicted molar refractivity (Wildman–Crippen MR) is 65.0 cm³/mol. The zero-order valence-electron chi connectivity index (χ0n) is 9.49. The molecule has 0 aromatic heterocycles. The number of rotatable bonds is 4. The molecule has 0 aliphatic heterocycles. The number of carbonyl (C=O) groups is 1. The van der Waals surface area contributed by atoms with Crippen molar-refractivity contribution in [3.63, 3.8) is 0 Å². The topological polar surface area (TPSA) is 90.4 Å². The van der Waals surface area contributed by atoms with Crippen LogP contribution in [0.25, 0.3) is 0 Å². The molecule has 5 nitrogen and oxygen atoms in total. The fraction of sp³-hybridized carbons (Fsp3) is 0.364. The van der Waals surface area contributed by atoms with Gasteiger partial charge in [0.15, 0.2) is 0 Å². The van der Waals surface area contributed by atoms with Crippen LogP contribution in [0.4, 0.5) is 17.1 Å². The van der Waals surface area contributed by atoms with Crippen molar-refractivity contribution in [1.29, 1.82) is 0 Å². The van der Waals surface area contributed by atoms with Crippen LogP contribution in [0.15, 0.2) is 18.2 Å². The van der Waals surface area contributed by atoms with E-state index in [2.05, 4.69) is 5.32 Å². The Morgan fingerprint density at radius 3 is 2.69 bits per heavy atom. The lowest BCUT2D eigenvalue weighted by atomic mass is 10.2. The first-order valence-corrected chi connectivity index (χ1v) is 5.12. The van der Waals surface area contributed by atoms with Crippen molar-refractivity contribution in [1.82, 2.24) is 0 Å². The minimum atomic E-state index is -0.414. The van der Waals surface area contributed by atoms with Gasteiger partial charge in [-0.05, 0) is 32.0 Å². The highest BCUT2D eigenvalue weighted by Crippen LogP contribution is 2.20. The largest absolute Gasteiger partial charge is 0.464 e. The summed E-state index contributed by atoms with van der Waals surface area (Å²) in [6.45, 7) is 3.87. The van der Waals surface area contributed by atoms with Gasteiger partial charge in [-0.25, -0.2) is 4.79 Å². The number of ether oxygens (including phenoxy) is 1. The number of nitrogens with two attached hydrogens (primary N) is 2. The smallest absolute Gasteiger partial charge is 0.328 e. The maximum Gasteiger partial charge on any atom is 0.328 e. The molecule has 16 heavy (non-hydrogen) atoms. The van der Waals surface area contributed by atoms with Gasteiger partial charge in [0.05, 0.1) is 18.0 Å². The Bertz CT molecular complexity index is 379. The molecule has 5 heteroatoms. The summed E-state index contributed by atoms with van der Waals surface area (Å²) in [5.41, 5.74) is 13.0. The van der Waals surface area contributed by atoms with Crippen molar-refractivity contribution in [2.45, 2.75) is 19.9 Å². The lowest BCUT2D eigenvalue weighted by Crippen LogP contribution is -2.28. The Morgan fingerprint density at radius 2 is 2.12 bits per heavy atom. The first-order valence-electron chi connectivity index (χ1n) is 5.12. The van der Waals surface area contributed by atoms with E-state index in [1.54, 1.807) is 32.0 Å². The van der Waals surface area contributed by atoms with E-state index in [0.717, 1.165) is 5.69 Å². The Balaban J connectivity index is 2.66. The van der Waals surface area contributed by atoms with Gasteiger partial charge in [0.1, 0.15) is 6.04 Å². The monoisotopic (exact) mass is 223 g/mol. The standard InChI is InChI=1S/C11H17N3O2/c1-3-16-11(15)7(2)14-8-4-5-9(12)10(13)6-8/h4-7,14H,3,12-13H2,1-2H3. The zero-order chi connectivity index (χ0) is 12.1. The number of esters is 1. The normalized spacial score (nSPS) is 11.9. The molecule has 0 saturated heterocycles. The summed E-state index contributed by atoms with van der Waals surface area (Å²) < 4.78 is 4.87. The fourth-order valence-electron chi connectivity index (χ4n) is 1.24. The number of carbonyl (C=O) groups excluding carboxylic acids is 1. The molecule has 5 N–H and O–H groups in total. The second-order valence-corrected chi connectivity index (χ2v) is 3.46. The van der Waals surface area contributed by atoms with Gasteiger partial charge in [-0.1, -0.05) is 0 Å². The van der Waals surface area contributed by atoms with Crippen LogP contribution in [0.1, 0.15) is 13.8 Å². The molecular weight excluding hydrogens is 206 g/mol. The molecule has 1 atom stereocenters. The van der Waals surface area contributed by atoms with Gasteiger partial charge in [-0.15, -0.1) is 0 Å². The van der Waals surface area contributed by atoms with Crippen molar-refractivity contribution < 1.29 is 9.53 Å². The molecule has 1 unspecified atom stereocenters. The molecule has 1 aromatic rings. The summed E-state index contributed by atoms with van der Waals surface area (Å²) in [5.74, 6) is -0.294. The van der Waals surface area contributed by atoms with Crippen molar-refractivity contribution in [2.75, 3.05) is 23.4 Å². The molecule has 0 saturated carbocycles. The molecule has 0 aliphatic rings. The second kappa shape index (κ2) is 5.25. The average Bonchev–Trinajstić information content (AvgIpc) is 2.24. The van der Waals surface area contributed by atoms with Gasteiger partial charge >= 0.3 is 5.97 Å². The van der Waals surface area contributed by atoms with Gasteiger partial charge in [0, 0.05) is 5.69 Å². The number of hydrogen-bond acceptors (Lipinski definition) is 5. The van der Waals surface area contributed by atoms with E-state index in [1.807, 2.05) is 0 Å². The molecule has 88 valence electrons. The Kier molecular flexibility index (Phi) is 3.99. The molecule has 1 aromatic carbocycles. The van der Waals surface area contributed by atoms with E-state index >= 15 is 0 Å². The van der Waals surface area contributed by atoms with Gasteiger partial charge in [-0.2, -0.15) is 0 Å². The van der Waals surface area contributed by atoms with Crippen LogP contribution in [0.3, 0.4) is 0 Å². The molecule has 0 amide bonds. The maximum atomic E-state index is 11.4. The number of hydrogen-bond donors (Lipinski definition) is 3. The minimum absolute atomic E-state index is 0.294. The predicted octanol–water partition coefficient (Wildman–Crippen LogP) is 1.21. The molecule has 0 aliphatic carbocycles. The van der Waals surface area contributed by atoms with Crippen LogP contribution >= 0.6 is 0 Å². The number of benzene rings is 1. The van der Waals surface area contributed by atoms with E-state index in [4.69, 9.17) is 16.2 Å². The molecular formula is C11H17N3O2. The maximum absolute atomic E-state index is 11.4. The molecule has 0 bridgehead atoms. The summed E-state index contributed by atoms with van der Waals surface area (Å²) in [7, 11) is 0. The van der Waals surface area contributed by atoms with Crippen LogP contribution in [0.5, 0.6) is 0 Å². The van der Waals surface area contributed by atoms with E-state index in [0.29, 0.717) is 18.0 Å². The Labute approximate surface area is 94.8 Å². The summed E-state index contributed by atoms with van der Waals surface area (Å²) in [4.78, 5) is 11.4. The van der Waals surface area contributed by atoms with Crippen molar-refractivity contribution in [2.24, 2.45) is 0 Å². The molecule has 0 fully saturated rings. The minimum Gasteiger partial charge on any atom is -0.464 e. The number of nitrogens with one attached hydrogen (secondary N) is 1. The quantitative estimate of drug-likeness (QED) is 0.527. The lowest BCUT2D eigenvalue weighted by molar-refractivity contribution is -0.143. The SMILES string of the molecule is CCOC(=O)C(C)Nc1ccc(N)c(N)c1. The summed E-state index contributed by atoms with van der Waals surface area (Å²) in [5, 5.41) is 2.98. The summed E-state index contributed by atoms with van der Waals surface area (Å²) in [6, 6.07) is 4.73. The van der Waals surface area contributed by atoms with Crippen LogP contribution in [-0.4, -0.2) is 18.6 Å². The zero-order valence-corrected chi connectivity index (χ0v) is 9.49. The van der Waals surface area contributed by atoms with E-state index in [-0.39, 0.29) is 5.97 Å². The number of anilines is 3. The van der Waals surface area contributed by atoms with Crippen molar-refractivity contribution >= 4 is 23.0 Å². The highest BCUT2D eigenvalue weighted by atomic mass is 16.5. The van der Waals surface area contributed by atoms with Crippen molar-refractivity contribution in [3.05, 3.63) is 18.2 Å². The third-order valence-corrected chi connectivity index (χ3v) is 2.11. The van der Waals surface area contributed by atoms with Gasteiger partial charge in [0.2, 0.25) is 0 Å². The van der Waals surface area contributed by atoms with Crippen LogP contribution < -0.4 is 16.8 Å². The van der Waals surface area contributed by atoms with Gasteiger partial charge < -0.3 is 21.5 Å². The highest BCUT2D eigenvalue weighted by molar-refractivity contribution is 5.79. The Hall–Kier alpha value is -1.91. The van der Waals surface area contributed by atoms with E-state index < -0.39 is 6.04 Å². The number of nitrogen functional groups attached to an aromatic ring is 2. The third kappa shape index (κ3) is 3.05. The molecule has 0 heterocycles. The lowest BCUT2D eigenvalue weighted by Gasteiger charge is -2.14. The first-order chi connectivity index (χ1) is 7.54. The fourth-order valence-corrected chi connectivity index (χ4v) is 1.24. The van der Waals surface area contributed by atoms with E-state index in [9.17, 15) is 4.79 Å². The highest BCUT2D eigenvalue weighted by Gasteiger charge is 2.13. The Morgan fingerprint density at radius 1 is 1.44 bits per heavy atom. The van der Waals surface area contributed by atoms with E-state index in [1.165, 1.54) is 0 Å².